The molecule has 2 N–H and O–H groups in total. The number of piperidine rings is 1. The molecule has 2 aromatic carbocycles. The minimum absolute atomic E-state index is 0.182. The van der Waals surface area contributed by atoms with Gasteiger partial charge < -0.3 is 14.9 Å². The van der Waals surface area contributed by atoms with Crippen molar-refractivity contribution in [2.24, 2.45) is 5.92 Å². The molecule has 2 saturated heterocycles. The van der Waals surface area contributed by atoms with Crippen LogP contribution < -0.4 is 0 Å². The SMILES string of the molecule is N=C(c1ccc(C(=O)N2CCN(S(=O)(=O)c3cc4ccc(Cl)cc4s3)CC2)cc1)N1CCC(C(=O)O)CC1. The Bertz CT molecular complexity index is 1490. The van der Waals surface area contributed by atoms with E-state index in [0.717, 1.165) is 10.1 Å². The summed E-state index contributed by atoms with van der Waals surface area (Å²) < 4.78 is 28.9. The van der Waals surface area contributed by atoms with Gasteiger partial charge in [0.2, 0.25) is 0 Å². The largest absolute Gasteiger partial charge is 0.481 e. The van der Waals surface area contributed by atoms with Gasteiger partial charge in [-0.15, -0.1) is 11.3 Å². The number of carboxylic acid groups (broad SMARTS) is 1. The number of amides is 1. The van der Waals surface area contributed by atoms with Crippen molar-refractivity contribution in [2.75, 3.05) is 39.3 Å². The van der Waals surface area contributed by atoms with Gasteiger partial charge >= 0.3 is 5.97 Å². The molecule has 12 heteroatoms. The van der Waals surface area contributed by atoms with Crippen molar-refractivity contribution in [3.05, 3.63) is 64.7 Å². The van der Waals surface area contributed by atoms with Gasteiger partial charge in [0.15, 0.2) is 0 Å². The van der Waals surface area contributed by atoms with E-state index in [9.17, 15) is 18.0 Å². The molecule has 0 radical (unpaired) electrons. The highest BCUT2D eigenvalue weighted by molar-refractivity contribution is 7.91. The molecule has 5 rings (SSSR count). The fourth-order valence-corrected chi connectivity index (χ4v) is 8.10. The molecule has 200 valence electrons. The number of rotatable bonds is 5. The van der Waals surface area contributed by atoms with Crippen molar-refractivity contribution in [1.82, 2.24) is 14.1 Å². The number of halogens is 1. The summed E-state index contributed by atoms with van der Waals surface area (Å²) in [6, 6.07) is 13.8. The minimum atomic E-state index is -3.67. The van der Waals surface area contributed by atoms with E-state index in [1.165, 1.54) is 15.6 Å². The number of fused-ring (bicyclic) bond motifs is 1. The highest BCUT2D eigenvalue weighted by Crippen LogP contribution is 2.33. The molecule has 0 aliphatic carbocycles. The van der Waals surface area contributed by atoms with E-state index in [4.69, 9.17) is 22.1 Å². The van der Waals surface area contributed by atoms with Crippen LogP contribution in [0.15, 0.2) is 52.7 Å². The summed E-state index contributed by atoms with van der Waals surface area (Å²) in [5, 5.41) is 19.0. The Hall–Kier alpha value is -2.99. The number of piperazine rings is 1. The number of amidine groups is 1. The van der Waals surface area contributed by atoms with E-state index in [-0.39, 0.29) is 42.2 Å². The maximum absolute atomic E-state index is 13.2. The monoisotopic (exact) mass is 574 g/mol. The van der Waals surface area contributed by atoms with Crippen molar-refractivity contribution < 1.29 is 23.1 Å². The summed E-state index contributed by atoms with van der Waals surface area (Å²) in [4.78, 5) is 27.8. The zero-order chi connectivity index (χ0) is 27.0. The number of benzene rings is 2. The molecule has 0 bridgehead atoms. The highest BCUT2D eigenvalue weighted by atomic mass is 35.5. The Kier molecular flexibility index (Phi) is 7.45. The smallest absolute Gasteiger partial charge is 0.306 e. The number of carbonyl (C=O) groups excluding carboxylic acids is 1. The lowest BCUT2D eigenvalue weighted by Gasteiger charge is -2.34. The Morgan fingerprint density at radius 1 is 0.895 bits per heavy atom. The standard InChI is InChI=1S/C26H27ClN4O5S2/c27-21-6-5-20-15-23(37-22(20)16-21)38(35,36)31-13-11-30(12-14-31)25(32)18-3-1-17(2-4-18)24(28)29-9-7-19(8-10-29)26(33)34/h1-6,15-16,19,28H,7-14H2,(H,33,34). The van der Waals surface area contributed by atoms with E-state index in [1.807, 2.05) is 4.90 Å². The van der Waals surface area contributed by atoms with Gasteiger partial charge in [-0.3, -0.25) is 15.0 Å². The lowest BCUT2D eigenvalue weighted by molar-refractivity contribution is -0.143. The normalized spacial score (nSPS) is 17.6. The number of nitrogens with one attached hydrogen (secondary N) is 1. The van der Waals surface area contributed by atoms with Gasteiger partial charge in [-0.2, -0.15) is 4.31 Å². The van der Waals surface area contributed by atoms with Crippen LogP contribution in [0.1, 0.15) is 28.8 Å². The average molecular weight is 575 g/mol. The van der Waals surface area contributed by atoms with Crippen molar-refractivity contribution in [3.8, 4) is 0 Å². The van der Waals surface area contributed by atoms with Crippen molar-refractivity contribution in [1.29, 1.82) is 5.41 Å². The Balaban J connectivity index is 1.19. The van der Waals surface area contributed by atoms with Gasteiger partial charge in [0.25, 0.3) is 15.9 Å². The van der Waals surface area contributed by atoms with E-state index < -0.39 is 16.0 Å². The van der Waals surface area contributed by atoms with Crippen LogP contribution in [0.25, 0.3) is 10.1 Å². The summed E-state index contributed by atoms with van der Waals surface area (Å²) in [6.07, 6.45) is 1.01. The quantitative estimate of drug-likeness (QED) is 0.353. The molecule has 3 aromatic rings. The maximum Gasteiger partial charge on any atom is 0.306 e. The Morgan fingerprint density at radius 3 is 2.16 bits per heavy atom. The first-order valence-electron chi connectivity index (χ1n) is 12.3. The topological polar surface area (TPSA) is 122 Å². The van der Waals surface area contributed by atoms with Crippen LogP contribution in [0.2, 0.25) is 5.02 Å². The lowest BCUT2D eigenvalue weighted by Crippen LogP contribution is -2.50. The summed E-state index contributed by atoms with van der Waals surface area (Å²) in [7, 11) is -3.67. The van der Waals surface area contributed by atoms with Crippen LogP contribution in [0.4, 0.5) is 0 Å². The zero-order valence-electron chi connectivity index (χ0n) is 20.5. The molecular formula is C26H27ClN4O5S2. The molecule has 1 amide bonds. The summed E-state index contributed by atoms with van der Waals surface area (Å²) in [5.41, 5.74) is 1.14. The second-order valence-electron chi connectivity index (χ2n) is 9.47. The second kappa shape index (κ2) is 10.6. The molecule has 38 heavy (non-hydrogen) atoms. The molecule has 9 nitrogen and oxygen atoms in total. The number of nitrogens with zero attached hydrogens (tertiary/aromatic N) is 3. The lowest BCUT2D eigenvalue weighted by atomic mass is 9.96. The maximum atomic E-state index is 13.2. The predicted octanol–water partition coefficient (Wildman–Crippen LogP) is 3.82. The first-order valence-corrected chi connectivity index (χ1v) is 14.9. The molecule has 0 saturated carbocycles. The number of aliphatic carboxylic acids is 1. The fraction of sp³-hybridized carbons (Fsp3) is 0.346. The molecule has 0 spiro atoms. The summed E-state index contributed by atoms with van der Waals surface area (Å²) >= 11 is 7.23. The summed E-state index contributed by atoms with van der Waals surface area (Å²) in [6.45, 7) is 2.00. The van der Waals surface area contributed by atoms with Gasteiger partial charge in [0.1, 0.15) is 10.0 Å². The van der Waals surface area contributed by atoms with Crippen LogP contribution in [0.5, 0.6) is 0 Å². The van der Waals surface area contributed by atoms with Gasteiger partial charge in [-0.25, -0.2) is 8.42 Å². The molecule has 1 aromatic heterocycles. The number of thiophene rings is 1. The second-order valence-corrected chi connectivity index (χ2v) is 13.2. The third-order valence-corrected chi connectivity index (χ3v) is 10.8. The first kappa shape index (κ1) is 26.6. The number of likely N-dealkylation sites (tertiary alicyclic amines) is 1. The zero-order valence-corrected chi connectivity index (χ0v) is 22.9. The van der Waals surface area contributed by atoms with Crippen LogP contribution in [-0.4, -0.2) is 84.6 Å². The van der Waals surface area contributed by atoms with Gasteiger partial charge in [0, 0.05) is 60.1 Å². The van der Waals surface area contributed by atoms with Crippen LogP contribution in [0.3, 0.4) is 0 Å². The third-order valence-electron chi connectivity index (χ3n) is 7.15. The molecule has 2 aliphatic rings. The molecule has 2 aliphatic heterocycles. The molecule has 3 heterocycles. The van der Waals surface area contributed by atoms with Crippen molar-refractivity contribution in [3.63, 3.8) is 0 Å². The number of carbonyl (C=O) groups is 2. The molecule has 2 fully saturated rings. The fourth-order valence-electron chi connectivity index (χ4n) is 4.85. The molecular weight excluding hydrogens is 548 g/mol. The Morgan fingerprint density at radius 2 is 1.53 bits per heavy atom. The number of hydrogen-bond acceptors (Lipinski definition) is 6. The molecule has 0 atom stereocenters. The van der Waals surface area contributed by atoms with Crippen LogP contribution in [0, 0.1) is 11.3 Å². The summed E-state index contributed by atoms with van der Waals surface area (Å²) in [5.74, 6) is -1.02. The Labute approximate surface area is 229 Å². The van der Waals surface area contributed by atoms with Gasteiger partial charge in [0.05, 0.1) is 5.92 Å². The highest BCUT2D eigenvalue weighted by Gasteiger charge is 2.32. The number of hydrogen-bond donors (Lipinski definition) is 2. The van der Waals surface area contributed by atoms with Gasteiger partial charge in [-0.05, 0) is 48.6 Å². The van der Waals surface area contributed by atoms with E-state index >= 15 is 0 Å². The third kappa shape index (κ3) is 5.28. The minimum Gasteiger partial charge on any atom is -0.481 e. The molecule has 0 unspecified atom stereocenters. The van der Waals surface area contributed by atoms with E-state index in [0.29, 0.717) is 47.9 Å². The average Bonchev–Trinajstić information content (AvgIpc) is 3.37. The van der Waals surface area contributed by atoms with Crippen LogP contribution >= 0.6 is 22.9 Å². The van der Waals surface area contributed by atoms with Crippen molar-refractivity contribution in [2.45, 2.75) is 17.1 Å². The van der Waals surface area contributed by atoms with E-state index in [1.54, 1.807) is 53.4 Å². The van der Waals surface area contributed by atoms with Crippen molar-refractivity contribution >= 4 is 60.8 Å². The first-order chi connectivity index (χ1) is 18.1. The van der Waals surface area contributed by atoms with E-state index in [2.05, 4.69) is 0 Å². The number of carboxylic acids is 1. The predicted molar refractivity (Wildman–Crippen MR) is 147 cm³/mol. The van der Waals surface area contributed by atoms with Gasteiger partial charge in [-0.1, -0.05) is 29.8 Å². The van der Waals surface area contributed by atoms with Crippen LogP contribution in [-0.2, 0) is 14.8 Å². The number of sulfonamides is 1.